The largest absolute Gasteiger partial charge is 0.379 e. The predicted molar refractivity (Wildman–Crippen MR) is 82.8 cm³/mol. The maximum Gasteiger partial charge on any atom is 0.329 e. The van der Waals surface area contributed by atoms with Crippen molar-refractivity contribution in [1.82, 2.24) is 24.4 Å². The van der Waals surface area contributed by atoms with E-state index in [1.807, 2.05) is 0 Å². The molecule has 3 rings (SSSR count). The van der Waals surface area contributed by atoms with Gasteiger partial charge in [-0.2, -0.15) is 0 Å². The second kappa shape index (κ2) is 6.67. The van der Waals surface area contributed by atoms with Crippen LogP contribution in [0.4, 0.5) is 0 Å². The molecule has 1 aliphatic heterocycles. The molecule has 0 bridgehead atoms. The van der Waals surface area contributed by atoms with Crippen molar-refractivity contribution in [3.8, 4) is 0 Å². The Balaban J connectivity index is 1.96. The van der Waals surface area contributed by atoms with Crippen molar-refractivity contribution < 1.29 is 9.53 Å². The number of aldehydes is 1. The third-order valence-corrected chi connectivity index (χ3v) is 4.09. The molecule has 2 aromatic rings. The van der Waals surface area contributed by atoms with Gasteiger partial charge in [0.05, 0.1) is 25.5 Å². The summed E-state index contributed by atoms with van der Waals surface area (Å²) in [5.74, 6) is 0. The van der Waals surface area contributed by atoms with Crippen molar-refractivity contribution in [2.75, 3.05) is 32.8 Å². The molecule has 0 aliphatic carbocycles. The summed E-state index contributed by atoms with van der Waals surface area (Å²) in [5, 5.41) is 0. The number of imidazole rings is 1. The normalized spacial score (nSPS) is 17.7. The van der Waals surface area contributed by atoms with Gasteiger partial charge in [0, 0.05) is 26.1 Å². The molecule has 1 unspecified atom stereocenters. The molecule has 9 heteroatoms. The quantitative estimate of drug-likeness (QED) is 0.764. The average Bonchev–Trinajstić information content (AvgIpc) is 2.83. The molecule has 1 fully saturated rings. The van der Waals surface area contributed by atoms with E-state index in [1.165, 1.54) is 10.8 Å². The molecular weight excluding hydrogens is 354 g/mol. The van der Waals surface area contributed by atoms with Crippen LogP contribution in [0.5, 0.6) is 0 Å². The predicted octanol–water partition coefficient (Wildman–Crippen LogP) is 0.344. The van der Waals surface area contributed by atoms with E-state index in [2.05, 4.69) is 35.8 Å². The number of fused-ring (bicyclic) bond motifs is 1. The Morgan fingerprint density at radius 2 is 2.23 bits per heavy atom. The molecule has 0 radical (unpaired) electrons. The van der Waals surface area contributed by atoms with Gasteiger partial charge < -0.3 is 9.53 Å². The van der Waals surface area contributed by atoms with Crippen LogP contribution in [-0.4, -0.2) is 63.6 Å². The van der Waals surface area contributed by atoms with Gasteiger partial charge in [0.2, 0.25) is 0 Å². The molecule has 0 aromatic carbocycles. The maximum absolute atomic E-state index is 12.3. The molecule has 118 valence electrons. The van der Waals surface area contributed by atoms with Gasteiger partial charge >= 0.3 is 5.69 Å². The monoisotopic (exact) mass is 369 g/mol. The Labute approximate surface area is 134 Å². The van der Waals surface area contributed by atoms with Crippen LogP contribution in [0, 0.1) is 0 Å². The molecule has 0 saturated carbocycles. The minimum absolute atomic E-state index is 0.248. The smallest absolute Gasteiger partial charge is 0.329 e. The van der Waals surface area contributed by atoms with Gasteiger partial charge in [0.25, 0.3) is 0 Å². The van der Waals surface area contributed by atoms with E-state index in [4.69, 9.17) is 4.74 Å². The summed E-state index contributed by atoms with van der Waals surface area (Å²) in [4.78, 5) is 36.6. The fraction of sp³-hybridized carbons (Fsp3) is 0.538. The molecule has 3 heterocycles. The van der Waals surface area contributed by atoms with Crippen molar-refractivity contribution in [2.24, 2.45) is 0 Å². The number of ether oxygens (including phenoxy) is 1. The molecule has 1 saturated heterocycles. The zero-order valence-electron chi connectivity index (χ0n) is 11.9. The number of halogens is 1. The van der Waals surface area contributed by atoms with Gasteiger partial charge in [0.15, 0.2) is 11.3 Å². The van der Waals surface area contributed by atoms with Crippen LogP contribution >= 0.6 is 15.9 Å². The average molecular weight is 370 g/mol. The first kappa shape index (κ1) is 15.3. The first-order chi connectivity index (χ1) is 10.7. The molecule has 8 nitrogen and oxygen atoms in total. The number of hydrogen-bond acceptors (Lipinski definition) is 6. The lowest BCUT2D eigenvalue weighted by atomic mass is 10.2. The number of nitrogens with zero attached hydrogens (tertiary/aromatic N) is 4. The highest BCUT2D eigenvalue weighted by molar-refractivity contribution is 9.10. The molecule has 0 spiro atoms. The third-order valence-electron chi connectivity index (χ3n) is 3.70. The van der Waals surface area contributed by atoms with Crippen molar-refractivity contribution in [2.45, 2.75) is 12.5 Å². The lowest BCUT2D eigenvalue weighted by Crippen LogP contribution is -2.41. The van der Waals surface area contributed by atoms with Gasteiger partial charge in [-0.25, -0.2) is 14.8 Å². The number of aromatic nitrogens is 4. The number of H-pyrrole nitrogens is 1. The van der Waals surface area contributed by atoms with E-state index in [-0.39, 0.29) is 18.2 Å². The van der Waals surface area contributed by atoms with Crippen LogP contribution in [0.2, 0.25) is 0 Å². The molecule has 1 N–H and O–H groups in total. The van der Waals surface area contributed by atoms with Crippen LogP contribution in [0.1, 0.15) is 12.5 Å². The third kappa shape index (κ3) is 3.11. The SMILES string of the molecule is O=CCC(CN1CCOCC1)n1c(=O)[nH]c2ncc(Br)nc21. The molecule has 1 aliphatic rings. The summed E-state index contributed by atoms with van der Waals surface area (Å²) in [5.41, 5.74) is 0.582. The maximum atomic E-state index is 12.3. The Morgan fingerprint density at radius 3 is 2.95 bits per heavy atom. The van der Waals surface area contributed by atoms with Crippen LogP contribution < -0.4 is 5.69 Å². The van der Waals surface area contributed by atoms with E-state index < -0.39 is 0 Å². The van der Waals surface area contributed by atoms with Crippen molar-refractivity contribution in [3.05, 3.63) is 21.3 Å². The number of carbonyl (C=O) groups is 1. The Morgan fingerprint density at radius 1 is 1.45 bits per heavy atom. The highest BCUT2D eigenvalue weighted by Gasteiger charge is 2.22. The zero-order valence-corrected chi connectivity index (χ0v) is 13.5. The Hall–Kier alpha value is -1.58. The van der Waals surface area contributed by atoms with E-state index in [0.717, 1.165) is 19.4 Å². The van der Waals surface area contributed by atoms with Gasteiger partial charge in [-0.15, -0.1) is 0 Å². The number of aromatic amines is 1. The van der Waals surface area contributed by atoms with Crippen LogP contribution in [-0.2, 0) is 9.53 Å². The van der Waals surface area contributed by atoms with Crippen molar-refractivity contribution >= 4 is 33.5 Å². The van der Waals surface area contributed by atoms with E-state index >= 15 is 0 Å². The first-order valence-electron chi connectivity index (χ1n) is 7.05. The van der Waals surface area contributed by atoms with E-state index in [0.29, 0.717) is 35.7 Å². The van der Waals surface area contributed by atoms with Crippen LogP contribution in [0.25, 0.3) is 11.3 Å². The fourth-order valence-electron chi connectivity index (χ4n) is 2.67. The van der Waals surface area contributed by atoms with Crippen LogP contribution in [0.3, 0.4) is 0 Å². The second-order valence-corrected chi connectivity index (χ2v) is 5.95. The number of hydrogen-bond donors (Lipinski definition) is 1. The summed E-state index contributed by atoms with van der Waals surface area (Å²) in [6, 6.07) is -0.277. The Kier molecular flexibility index (Phi) is 4.65. The molecule has 0 amide bonds. The minimum Gasteiger partial charge on any atom is -0.379 e. The van der Waals surface area contributed by atoms with Crippen molar-refractivity contribution in [3.63, 3.8) is 0 Å². The lowest BCUT2D eigenvalue weighted by molar-refractivity contribution is -0.108. The summed E-state index contributed by atoms with van der Waals surface area (Å²) in [6.45, 7) is 3.52. The lowest BCUT2D eigenvalue weighted by Gasteiger charge is -2.30. The fourth-order valence-corrected chi connectivity index (χ4v) is 2.94. The number of morpholine rings is 1. The topological polar surface area (TPSA) is 93.1 Å². The highest BCUT2D eigenvalue weighted by Crippen LogP contribution is 2.18. The molecule has 1 atom stereocenters. The van der Waals surface area contributed by atoms with Gasteiger partial charge in [0.1, 0.15) is 10.9 Å². The molecule has 22 heavy (non-hydrogen) atoms. The number of carbonyl (C=O) groups excluding carboxylic acids is 1. The highest BCUT2D eigenvalue weighted by atomic mass is 79.9. The van der Waals surface area contributed by atoms with Gasteiger partial charge in [-0.05, 0) is 15.9 Å². The summed E-state index contributed by atoms with van der Waals surface area (Å²) in [7, 11) is 0. The number of rotatable bonds is 5. The Bertz CT molecular complexity index is 722. The van der Waals surface area contributed by atoms with Gasteiger partial charge in [-0.3, -0.25) is 14.5 Å². The second-order valence-electron chi connectivity index (χ2n) is 5.13. The standard InChI is InChI=1S/C13H16BrN5O3/c14-10-7-15-11-12(16-10)19(13(21)17-11)9(1-4-20)8-18-2-5-22-6-3-18/h4,7,9H,1-3,5-6,8H2,(H,15,17,21). The minimum atomic E-state index is -0.298. The van der Waals surface area contributed by atoms with Crippen molar-refractivity contribution in [1.29, 1.82) is 0 Å². The van der Waals surface area contributed by atoms with E-state index in [1.54, 1.807) is 0 Å². The molecular formula is C13H16BrN5O3. The van der Waals surface area contributed by atoms with Gasteiger partial charge in [-0.1, -0.05) is 0 Å². The summed E-state index contributed by atoms with van der Waals surface area (Å²) < 4.78 is 7.40. The summed E-state index contributed by atoms with van der Waals surface area (Å²) in [6.07, 6.45) is 2.61. The van der Waals surface area contributed by atoms with Crippen LogP contribution in [0.15, 0.2) is 15.6 Å². The van der Waals surface area contributed by atoms with E-state index in [9.17, 15) is 9.59 Å². The molecule has 2 aromatic heterocycles. The zero-order chi connectivity index (χ0) is 15.5. The first-order valence-corrected chi connectivity index (χ1v) is 7.85. The number of nitrogens with one attached hydrogen (secondary N) is 1. The summed E-state index contributed by atoms with van der Waals surface area (Å²) >= 11 is 3.26.